The van der Waals surface area contributed by atoms with E-state index in [1.165, 1.54) is 56.2 Å². The van der Waals surface area contributed by atoms with Gasteiger partial charge in [-0.15, -0.1) is 0 Å². The van der Waals surface area contributed by atoms with Crippen molar-refractivity contribution in [2.24, 2.45) is 17.8 Å². The van der Waals surface area contributed by atoms with Crippen LogP contribution in [0.1, 0.15) is 49.7 Å². The average molecular weight is 533 g/mol. The summed E-state index contributed by atoms with van der Waals surface area (Å²) in [5.74, 6) is 1.60. The second-order valence-electron chi connectivity index (χ2n) is 11.6. The van der Waals surface area contributed by atoms with Crippen LogP contribution in [0.3, 0.4) is 0 Å². The van der Waals surface area contributed by atoms with Gasteiger partial charge in [0.2, 0.25) is 5.91 Å². The third kappa shape index (κ3) is 4.73. The Hall–Kier alpha value is -3.19. The molecule has 0 unspecified atom stereocenters. The Morgan fingerprint density at radius 2 is 1.42 bits per heavy atom. The molecular formula is C31H33FN2O3S. The van der Waals surface area contributed by atoms with Crippen molar-refractivity contribution in [3.63, 3.8) is 0 Å². The number of nitrogens with zero attached hydrogens (tertiary/aromatic N) is 1. The Kier molecular flexibility index (Phi) is 6.29. The Balaban J connectivity index is 1.20. The molecule has 198 valence electrons. The van der Waals surface area contributed by atoms with Crippen molar-refractivity contribution in [3.8, 4) is 0 Å². The Morgan fingerprint density at radius 1 is 0.868 bits per heavy atom. The molecule has 0 aliphatic heterocycles. The minimum Gasteiger partial charge on any atom is -0.325 e. The highest BCUT2D eigenvalue weighted by molar-refractivity contribution is 7.92. The Morgan fingerprint density at radius 3 is 1.97 bits per heavy atom. The highest BCUT2D eigenvalue weighted by Gasteiger charge is 2.51. The van der Waals surface area contributed by atoms with Gasteiger partial charge in [-0.05, 0) is 123 Å². The molecule has 7 rings (SSSR count). The number of halogens is 1. The number of sulfonamides is 1. The van der Waals surface area contributed by atoms with Crippen LogP contribution in [0.25, 0.3) is 0 Å². The maximum Gasteiger partial charge on any atom is 0.264 e. The van der Waals surface area contributed by atoms with Crippen LogP contribution in [-0.2, 0) is 20.2 Å². The van der Waals surface area contributed by atoms with Gasteiger partial charge >= 0.3 is 0 Å². The van der Waals surface area contributed by atoms with Crippen LogP contribution in [0.2, 0.25) is 0 Å². The van der Waals surface area contributed by atoms with Crippen molar-refractivity contribution in [2.75, 3.05) is 16.2 Å². The highest BCUT2D eigenvalue weighted by Crippen LogP contribution is 2.60. The second kappa shape index (κ2) is 9.53. The summed E-state index contributed by atoms with van der Waals surface area (Å²) in [5, 5.41) is 2.88. The van der Waals surface area contributed by atoms with Gasteiger partial charge in [0, 0.05) is 5.69 Å². The zero-order valence-electron chi connectivity index (χ0n) is 21.6. The van der Waals surface area contributed by atoms with Crippen molar-refractivity contribution in [1.82, 2.24) is 0 Å². The minimum atomic E-state index is -4.10. The van der Waals surface area contributed by atoms with E-state index in [-0.39, 0.29) is 10.3 Å². The smallest absolute Gasteiger partial charge is 0.264 e. The van der Waals surface area contributed by atoms with E-state index in [2.05, 4.69) is 17.4 Å². The molecule has 3 aromatic carbocycles. The molecule has 4 saturated carbocycles. The van der Waals surface area contributed by atoms with Crippen LogP contribution in [0, 0.1) is 30.5 Å². The fourth-order valence-electron chi connectivity index (χ4n) is 7.46. The van der Waals surface area contributed by atoms with Crippen LogP contribution in [-0.4, -0.2) is 20.9 Å². The molecule has 0 heterocycles. The standard InChI is InChI=1S/C31H33FN2O3S/c1-21-2-10-28(11-3-21)34(38(36,37)29-12-6-26(32)7-13-29)20-30(35)33-27-8-4-25(5-9-27)31-17-22-14-23(18-31)16-24(15-22)19-31/h2-13,22-24H,14-20H2,1H3,(H,33,35). The summed E-state index contributed by atoms with van der Waals surface area (Å²) in [6.07, 6.45) is 8.01. The van der Waals surface area contributed by atoms with E-state index < -0.39 is 28.3 Å². The van der Waals surface area contributed by atoms with Gasteiger partial charge in [-0.25, -0.2) is 12.8 Å². The van der Waals surface area contributed by atoms with Gasteiger partial charge in [0.15, 0.2) is 0 Å². The Bertz CT molecular complexity index is 1400. The molecule has 3 aromatic rings. The molecule has 4 aliphatic carbocycles. The molecule has 1 amide bonds. The van der Waals surface area contributed by atoms with E-state index >= 15 is 0 Å². The normalized spacial score (nSPS) is 25.8. The monoisotopic (exact) mass is 532 g/mol. The number of amides is 1. The van der Waals surface area contributed by atoms with Crippen LogP contribution in [0.15, 0.2) is 77.7 Å². The number of anilines is 2. The summed E-state index contributed by atoms with van der Waals surface area (Å²) in [6.45, 7) is 1.50. The van der Waals surface area contributed by atoms with Gasteiger partial charge in [-0.2, -0.15) is 0 Å². The maximum atomic E-state index is 13.5. The molecule has 4 aliphatic rings. The topological polar surface area (TPSA) is 66.5 Å². The molecule has 4 fully saturated rings. The highest BCUT2D eigenvalue weighted by atomic mass is 32.2. The molecule has 5 nitrogen and oxygen atoms in total. The van der Waals surface area contributed by atoms with Gasteiger partial charge in [-0.3, -0.25) is 9.10 Å². The molecule has 0 aromatic heterocycles. The van der Waals surface area contributed by atoms with Gasteiger partial charge in [-0.1, -0.05) is 29.8 Å². The second-order valence-corrected chi connectivity index (χ2v) is 13.5. The van der Waals surface area contributed by atoms with E-state index in [0.29, 0.717) is 11.4 Å². The first kappa shape index (κ1) is 25.1. The van der Waals surface area contributed by atoms with Crippen molar-refractivity contribution >= 4 is 27.3 Å². The molecule has 1 N–H and O–H groups in total. The van der Waals surface area contributed by atoms with Gasteiger partial charge in [0.05, 0.1) is 10.6 Å². The number of hydrogen-bond donors (Lipinski definition) is 1. The van der Waals surface area contributed by atoms with Crippen molar-refractivity contribution in [3.05, 3.63) is 89.7 Å². The Labute approximate surface area is 224 Å². The van der Waals surface area contributed by atoms with Gasteiger partial charge in [0.1, 0.15) is 12.4 Å². The van der Waals surface area contributed by atoms with Crippen molar-refractivity contribution < 1.29 is 17.6 Å². The minimum absolute atomic E-state index is 0.0767. The summed E-state index contributed by atoms with van der Waals surface area (Å²) < 4.78 is 41.5. The van der Waals surface area contributed by atoms with Crippen molar-refractivity contribution in [2.45, 2.75) is 55.8 Å². The third-order valence-electron chi connectivity index (χ3n) is 8.83. The predicted molar refractivity (Wildman–Crippen MR) is 147 cm³/mol. The number of rotatable bonds is 7. The fourth-order valence-corrected chi connectivity index (χ4v) is 8.88. The number of aryl methyl sites for hydroxylation is 1. The largest absolute Gasteiger partial charge is 0.325 e. The summed E-state index contributed by atoms with van der Waals surface area (Å²) in [4.78, 5) is 13.0. The zero-order chi connectivity index (χ0) is 26.5. The van der Waals surface area contributed by atoms with Crippen LogP contribution in [0.5, 0.6) is 0 Å². The molecule has 38 heavy (non-hydrogen) atoms. The lowest BCUT2D eigenvalue weighted by molar-refractivity contribution is -0.114. The summed E-state index contributed by atoms with van der Waals surface area (Å²) >= 11 is 0. The third-order valence-corrected chi connectivity index (χ3v) is 10.6. The average Bonchev–Trinajstić information content (AvgIpc) is 2.88. The van der Waals surface area contributed by atoms with E-state index in [4.69, 9.17) is 0 Å². The van der Waals surface area contributed by atoms with Gasteiger partial charge < -0.3 is 5.32 Å². The quantitative estimate of drug-likeness (QED) is 0.381. The molecule has 4 bridgehead atoms. The molecule has 0 radical (unpaired) electrons. The number of benzene rings is 3. The lowest BCUT2D eigenvalue weighted by atomic mass is 9.48. The van der Waals surface area contributed by atoms with E-state index in [1.54, 1.807) is 24.3 Å². The molecule has 0 atom stereocenters. The summed E-state index contributed by atoms with van der Waals surface area (Å²) in [7, 11) is -4.10. The predicted octanol–water partition coefficient (Wildman–Crippen LogP) is 6.44. The molecule has 0 spiro atoms. The first-order chi connectivity index (χ1) is 18.2. The van der Waals surface area contributed by atoms with Crippen LogP contribution >= 0.6 is 0 Å². The van der Waals surface area contributed by atoms with Crippen LogP contribution in [0.4, 0.5) is 15.8 Å². The lowest BCUT2D eigenvalue weighted by Crippen LogP contribution is -2.48. The van der Waals surface area contributed by atoms with Crippen LogP contribution < -0.4 is 9.62 Å². The van der Waals surface area contributed by atoms with Crippen molar-refractivity contribution in [1.29, 1.82) is 0 Å². The fraction of sp³-hybridized carbons (Fsp3) is 0.387. The number of nitrogens with one attached hydrogen (secondary N) is 1. The van der Waals surface area contributed by atoms with E-state index in [1.807, 2.05) is 19.1 Å². The molecular weight excluding hydrogens is 499 g/mol. The first-order valence-electron chi connectivity index (χ1n) is 13.5. The summed E-state index contributed by atoms with van der Waals surface area (Å²) in [6, 6.07) is 19.7. The number of hydrogen-bond acceptors (Lipinski definition) is 3. The van der Waals surface area contributed by atoms with Gasteiger partial charge in [0.25, 0.3) is 10.0 Å². The summed E-state index contributed by atoms with van der Waals surface area (Å²) in [5.41, 5.74) is 3.63. The molecule has 0 saturated heterocycles. The lowest BCUT2D eigenvalue weighted by Gasteiger charge is -2.57. The number of carbonyl (C=O) groups excluding carboxylic acids is 1. The first-order valence-corrected chi connectivity index (χ1v) is 14.9. The number of carbonyl (C=O) groups is 1. The van der Waals surface area contributed by atoms with E-state index in [9.17, 15) is 17.6 Å². The molecule has 7 heteroatoms. The zero-order valence-corrected chi connectivity index (χ0v) is 22.4. The van der Waals surface area contributed by atoms with E-state index in [0.717, 1.165) is 39.8 Å². The maximum absolute atomic E-state index is 13.5. The SMILES string of the molecule is Cc1ccc(N(CC(=O)Nc2ccc(C34CC5CC(CC(C5)C3)C4)cc2)S(=O)(=O)c2ccc(F)cc2)cc1.